The fourth-order valence-electron chi connectivity index (χ4n) is 3.33. The first-order valence-electron chi connectivity index (χ1n) is 8.67. The molecule has 1 atom stereocenters. The lowest BCUT2D eigenvalue weighted by atomic mass is 9.94. The first kappa shape index (κ1) is 20.0. The van der Waals surface area contributed by atoms with Gasteiger partial charge in [0.15, 0.2) is 0 Å². The summed E-state index contributed by atoms with van der Waals surface area (Å²) in [6, 6.07) is 10.6. The Kier molecular flexibility index (Phi) is 5.60. The molecule has 1 heterocycles. The van der Waals surface area contributed by atoms with Crippen LogP contribution >= 0.6 is 0 Å². The Morgan fingerprint density at radius 1 is 1.17 bits per heavy atom. The van der Waals surface area contributed by atoms with Gasteiger partial charge in [0.2, 0.25) is 0 Å². The molecule has 2 aromatic carbocycles. The highest BCUT2D eigenvalue weighted by Crippen LogP contribution is 2.42. The Labute approximate surface area is 165 Å². The number of hydrogen-bond acceptors (Lipinski definition) is 7. The van der Waals surface area contributed by atoms with Crippen LogP contribution in [-0.4, -0.2) is 52.0 Å². The molecule has 1 saturated heterocycles. The average molecular weight is 398 g/mol. The molecule has 1 aliphatic heterocycles. The first-order valence-corrected chi connectivity index (χ1v) is 8.67. The summed E-state index contributed by atoms with van der Waals surface area (Å²) in [6.45, 7) is -0.673. The van der Waals surface area contributed by atoms with Crippen LogP contribution in [0.2, 0.25) is 0 Å². The number of hydrogen-bond donors (Lipinski definition) is 2. The van der Waals surface area contributed by atoms with Crippen LogP contribution in [0.25, 0.3) is 5.76 Å². The van der Waals surface area contributed by atoms with Crippen LogP contribution in [0.4, 0.5) is 5.69 Å². The third-order valence-corrected chi connectivity index (χ3v) is 4.67. The normalized spacial score (nSPS) is 18.1. The van der Waals surface area contributed by atoms with Gasteiger partial charge in [-0.3, -0.25) is 19.7 Å². The van der Waals surface area contributed by atoms with E-state index in [4.69, 9.17) is 4.74 Å². The summed E-state index contributed by atoms with van der Waals surface area (Å²) >= 11 is 0. The molecule has 1 fully saturated rings. The molecule has 1 amide bonds. The van der Waals surface area contributed by atoms with Gasteiger partial charge < -0.3 is 19.8 Å². The average Bonchev–Trinajstić information content (AvgIpc) is 2.98. The van der Waals surface area contributed by atoms with Crippen molar-refractivity contribution < 1.29 is 29.5 Å². The van der Waals surface area contributed by atoms with Crippen molar-refractivity contribution in [2.75, 3.05) is 20.3 Å². The van der Waals surface area contributed by atoms with Crippen LogP contribution in [0.3, 0.4) is 0 Å². The van der Waals surface area contributed by atoms with Crippen molar-refractivity contribution in [2.24, 2.45) is 0 Å². The monoisotopic (exact) mass is 398 g/mol. The lowest BCUT2D eigenvalue weighted by Crippen LogP contribution is -2.32. The van der Waals surface area contributed by atoms with Gasteiger partial charge in [0, 0.05) is 18.2 Å². The van der Waals surface area contributed by atoms with Gasteiger partial charge in [-0.25, -0.2) is 0 Å². The molecular weight excluding hydrogens is 380 g/mol. The van der Waals surface area contributed by atoms with Crippen LogP contribution in [0.15, 0.2) is 54.1 Å². The predicted octanol–water partition coefficient (Wildman–Crippen LogP) is 2.02. The Balaban J connectivity index is 2.23. The minimum atomic E-state index is -1.20. The van der Waals surface area contributed by atoms with E-state index >= 15 is 0 Å². The van der Waals surface area contributed by atoms with Crippen LogP contribution in [0, 0.1) is 10.1 Å². The summed E-state index contributed by atoms with van der Waals surface area (Å²) in [5.74, 6) is -1.86. The minimum absolute atomic E-state index is 0.0696. The van der Waals surface area contributed by atoms with Gasteiger partial charge in [-0.1, -0.05) is 12.1 Å². The summed E-state index contributed by atoms with van der Waals surface area (Å²) in [5.41, 5.74) is -0.262. The first-order chi connectivity index (χ1) is 13.9. The molecule has 0 spiro atoms. The van der Waals surface area contributed by atoms with Gasteiger partial charge in [-0.2, -0.15) is 0 Å². The number of aliphatic hydroxyl groups excluding tert-OH is 2. The topological polar surface area (TPSA) is 130 Å². The maximum absolute atomic E-state index is 12.7. The van der Waals surface area contributed by atoms with Crippen LogP contribution in [-0.2, 0) is 9.59 Å². The highest BCUT2D eigenvalue weighted by molar-refractivity contribution is 6.46. The summed E-state index contributed by atoms with van der Waals surface area (Å²) in [5, 5.41) is 31.7. The van der Waals surface area contributed by atoms with Crippen molar-refractivity contribution in [3.63, 3.8) is 0 Å². The number of nitro groups is 1. The number of ether oxygens (including phenoxy) is 1. The molecule has 0 aliphatic carbocycles. The minimum Gasteiger partial charge on any atom is -0.507 e. The highest BCUT2D eigenvalue weighted by atomic mass is 16.6. The van der Waals surface area contributed by atoms with Crippen molar-refractivity contribution in [1.29, 1.82) is 0 Å². The summed E-state index contributed by atoms with van der Waals surface area (Å²) in [4.78, 5) is 37.1. The number of likely N-dealkylation sites (tertiary alicyclic amines) is 1. The van der Waals surface area contributed by atoms with Gasteiger partial charge >= 0.3 is 0 Å². The number of β-amino-alcohol motifs (C(OH)–C–C–N with tert-alkyl or cyclic N) is 1. The molecule has 0 radical (unpaired) electrons. The maximum atomic E-state index is 12.7. The van der Waals surface area contributed by atoms with E-state index in [0.29, 0.717) is 5.75 Å². The molecular formula is C20H18N2O7. The summed E-state index contributed by atoms with van der Waals surface area (Å²) in [6.07, 6.45) is 0. The fourth-order valence-corrected chi connectivity index (χ4v) is 3.33. The van der Waals surface area contributed by atoms with E-state index in [0.717, 1.165) is 4.90 Å². The number of nitro benzene ring substituents is 1. The second kappa shape index (κ2) is 8.11. The standard InChI is InChI=1S/C20H18N2O7/c1-29-13-8-6-12(7-9-13)18(24)16-17(21(10-11-23)20(26)19(16)25)14-4-2-3-5-15(14)22(27)28/h2-9,17,23-24H,10-11H2,1H3/b18-16+/t17-/m1/s1. The number of nitrogens with zero attached hydrogens (tertiary/aromatic N) is 2. The molecule has 0 saturated carbocycles. The number of aliphatic hydroxyl groups is 2. The van der Waals surface area contributed by atoms with E-state index in [2.05, 4.69) is 0 Å². The quantitative estimate of drug-likeness (QED) is 0.250. The van der Waals surface area contributed by atoms with E-state index in [1.54, 1.807) is 12.1 Å². The number of para-hydroxylation sites is 1. The fraction of sp³-hybridized carbons (Fsp3) is 0.200. The smallest absolute Gasteiger partial charge is 0.295 e. The predicted molar refractivity (Wildman–Crippen MR) is 102 cm³/mol. The van der Waals surface area contributed by atoms with Gasteiger partial charge in [-0.05, 0) is 30.3 Å². The molecule has 1 aliphatic rings. The molecule has 150 valence electrons. The molecule has 2 aromatic rings. The number of rotatable bonds is 6. The van der Waals surface area contributed by atoms with Gasteiger partial charge in [-0.15, -0.1) is 0 Å². The largest absolute Gasteiger partial charge is 0.507 e. The SMILES string of the molecule is COc1ccc(/C(O)=C2\C(=O)C(=O)N(CCO)[C@@H]2c2ccccc2[N+](=O)[O-])cc1. The van der Waals surface area contributed by atoms with E-state index in [-0.39, 0.29) is 28.9 Å². The highest BCUT2D eigenvalue weighted by Gasteiger charge is 2.47. The van der Waals surface area contributed by atoms with Crippen molar-refractivity contribution in [2.45, 2.75) is 6.04 Å². The number of ketones is 1. The summed E-state index contributed by atoms with van der Waals surface area (Å²) < 4.78 is 5.06. The molecule has 9 heteroatoms. The van der Waals surface area contributed by atoms with Crippen LogP contribution in [0.5, 0.6) is 5.75 Å². The number of carbonyl (C=O) groups excluding carboxylic acids is 2. The molecule has 3 rings (SSSR count). The van der Waals surface area contributed by atoms with Gasteiger partial charge in [0.25, 0.3) is 17.4 Å². The third kappa shape index (κ3) is 3.55. The maximum Gasteiger partial charge on any atom is 0.295 e. The second-order valence-electron chi connectivity index (χ2n) is 6.26. The van der Waals surface area contributed by atoms with Gasteiger partial charge in [0.1, 0.15) is 11.5 Å². The van der Waals surface area contributed by atoms with Crippen LogP contribution < -0.4 is 4.74 Å². The molecule has 29 heavy (non-hydrogen) atoms. The van der Waals surface area contributed by atoms with Crippen molar-refractivity contribution in [3.05, 3.63) is 75.3 Å². The zero-order valence-electron chi connectivity index (χ0n) is 15.4. The van der Waals surface area contributed by atoms with E-state index < -0.39 is 35.0 Å². The van der Waals surface area contributed by atoms with E-state index in [1.807, 2.05) is 0 Å². The van der Waals surface area contributed by atoms with Crippen molar-refractivity contribution >= 4 is 23.1 Å². The Morgan fingerprint density at radius 2 is 1.83 bits per heavy atom. The molecule has 0 unspecified atom stereocenters. The number of carbonyl (C=O) groups is 2. The molecule has 2 N–H and O–H groups in total. The Hall–Kier alpha value is -3.72. The number of Topliss-reactive ketones (excluding diaryl/α,β-unsaturated/α-hetero) is 1. The number of amides is 1. The third-order valence-electron chi connectivity index (χ3n) is 4.67. The van der Waals surface area contributed by atoms with Crippen LogP contribution in [0.1, 0.15) is 17.2 Å². The lowest BCUT2D eigenvalue weighted by molar-refractivity contribution is -0.385. The zero-order chi connectivity index (χ0) is 21.1. The van der Waals surface area contributed by atoms with E-state index in [1.165, 1.54) is 43.5 Å². The van der Waals surface area contributed by atoms with Crippen molar-refractivity contribution in [3.8, 4) is 5.75 Å². The lowest BCUT2D eigenvalue weighted by Gasteiger charge is -2.24. The molecule has 0 aromatic heterocycles. The van der Waals surface area contributed by atoms with Crippen molar-refractivity contribution in [1.82, 2.24) is 4.90 Å². The Morgan fingerprint density at radius 3 is 2.41 bits per heavy atom. The van der Waals surface area contributed by atoms with E-state index in [9.17, 15) is 29.9 Å². The molecule has 0 bridgehead atoms. The zero-order valence-corrected chi connectivity index (χ0v) is 15.4. The number of benzene rings is 2. The Bertz CT molecular complexity index is 998. The number of methoxy groups -OCH3 is 1. The van der Waals surface area contributed by atoms with Gasteiger partial charge in [0.05, 0.1) is 35.8 Å². The summed E-state index contributed by atoms with van der Waals surface area (Å²) in [7, 11) is 1.48. The second-order valence-corrected chi connectivity index (χ2v) is 6.26. The molecule has 9 nitrogen and oxygen atoms in total.